The van der Waals surface area contributed by atoms with E-state index in [2.05, 4.69) is 9.97 Å². The van der Waals surface area contributed by atoms with Crippen LogP contribution >= 0.6 is 45.9 Å². The van der Waals surface area contributed by atoms with Gasteiger partial charge >= 0.3 is 0 Å². The van der Waals surface area contributed by atoms with Crippen molar-refractivity contribution in [3.8, 4) is 10.6 Å². The number of hydrogen-bond acceptors (Lipinski definition) is 5. The molecule has 0 fully saturated rings. The van der Waals surface area contributed by atoms with E-state index in [9.17, 15) is 4.79 Å². The first-order chi connectivity index (χ1) is 14.1. The molecular formula is C21H15Cl2N3OS2. The van der Waals surface area contributed by atoms with Crippen molar-refractivity contribution in [2.75, 3.05) is 0 Å². The summed E-state index contributed by atoms with van der Waals surface area (Å²) in [4.78, 5) is 23.9. The summed E-state index contributed by atoms with van der Waals surface area (Å²) in [7, 11) is 0. The number of nitrogens with zero attached hydrogens (tertiary/aromatic N) is 3. The number of pyridine rings is 1. The van der Waals surface area contributed by atoms with Gasteiger partial charge in [0.05, 0.1) is 22.3 Å². The molecule has 0 N–H and O–H groups in total. The molecule has 3 heterocycles. The van der Waals surface area contributed by atoms with Gasteiger partial charge in [0.1, 0.15) is 10.7 Å². The molecule has 29 heavy (non-hydrogen) atoms. The lowest BCUT2D eigenvalue weighted by Gasteiger charge is -2.22. The Bertz CT molecular complexity index is 1110. The fourth-order valence-corrected chi connectivity index (χ4v) is 4.62. The summed E-state index contributed by atoms with van der Waals surface area (Å²) in [6, 6.07) is 13.0. The summed E-state index contributed by atoms with van der Waals surface area (Å²) >= 11 is 15.3. The second kappa shape index (κ2) is 9.05. The second-order valence-corrected chi connectivity index (χ2v) is 8.73. The Hall–Kier alpha value is -2.25. The van der Waals surface area contributed by atoms with Crippen molar-refractivity contribution in [3.05, 3.63) is 91.8 Å². The summed E-state index contributed by atoms with van der Waals surface area (Å²) in [6.07, 6.45) is 1.72. The van der Waals surface area contributed by atoms with Gasteiger partial charge in [-0.15, -0.1) is 11.3 Å². The maximum atomic E-state index is 13.3. The van der Waals surface area contributed by atoms with Crippen molar-refractivity contribution < 1.29 is 4.79 Å². The van der Waals surface area contributed by atoms with Crippen molar-refractivity contribution in [2.24, 2.45) is 0 Å². The molecule has 0 aliphatic carbocycles. The van der Waals surface area contributed by atoms with Gasteiger partial charge in [-0.3, -0.25) is 9.78 Å². The minimum Gasteiger partial charge on any atom is -0.327 e. The van der Waals surface area contributed by atoms with E-state index >= 15 is 0 Å². The number of thiophene rings is 1. The maximum Gasteiger partial charge on any atom is 0.274 e. The number of carbonyl (C=O) groups excluding carboxylic acids is 1. The van der Waals surface area contributed by atoms with Crippen LogP contribution in [0.25, 0.3) is 10.6 Å². The summed E-state index contributed by atoms with van der Waals surface area (Å²) in [5.74, 6) is -0.153. The average molecular weight is 460 g/mol. The van der Waals surface area contributed by atoms with Gasteiger partial charge in [0.15, 0.2) is 0 Å². The zero-order valence-electron chi connectivity index (χ0n) is 15.1. The number of halogens is 2. The molecule has 0 saturated heterocycles. The highest BCUT2D eigenvalue weighted by molar-refractivity contribution is 7.14. The van der Waals surface area contributed by atoms with Crippen molar-refractivity contribution in [1.29, 1.82) is 0 Å². The Morgan fingerprint density at radius 3 is 2.66 bits per heavy atom. The minimum absolute atomic E-state index is 0.153. The quantitative estimate of drug-likeness (QED) is 0.334. The molecule has 146 valence electrons. The first-order valence-electron chi connectivity index (χ1n) is 8.71. The molecule has 0 atom stereocenters. The molecule has 1 aromatic carbocycles. The lowest BCUT2D eigenvalue weighted by Crippen LogP contribution is -2.30. The lowest BCUT2D eigenvalue weighted by molar-refractivity contribution is 0.0723. The van der Waals surface area contributed by atoms with Crippen LogP contribution in [0, 0.1) is 0 Å². The molecule has 4 nitrogen and oxygen atoms in total. The molecular weight excluding hydrogens is 445 g/mol. The van der Waals surface area contributed by atoms with E-state index < -0.39 is 0 Å². The molecule has 0 unspecified atom stereocenters. The Labute approximate surface area is 186 Å². The number of thiazole rings is 1. The van der Waals surface area contributed by atoms with Crippen LogP contribution in [-0.4, -0.2) is 20.8 Å². The van der Waals surface area contributed by atoms with Gasteiger partial charge in [0.25, 0.3) is 5.91 Å². The Morgan fingerprint density at radius 1 is 1.03 bits per heavy atom. The van der Waals surface area contributed by atoms with E-state index in [1.807, 2.05) is 41.1 Å². The van der Waals surface area contributed by atoms with Gasteiger partial charge in [-0.25, -0.2) is 4.98 Å². The van der Waals surface area contributed by atoms with E-state index in [0.717, 1.165) is 21.8 Å². The average Bonchev–Trinajstić information content (AvgIpc) is 3.42. The first-order valence-corrected chi connectivity index (χ1v) is 11.3. The topological polar surface area (TPSA) is 46.1 Å². The van der Waals surface area contributed by atoms with E-state index in [1.165, 1.54) is 11.3 Å². The van der Waals surface area contributed by atoms with Gasteiger partial charge in [0.2, 0.25) is 0 Å². The van der Waals surface area contributed by atoms with Crippen molar-refractivity contribution in [1.82, 2.24) is 14.9 Å². The normalized spacial score (nSPS) is 10.8. The molecule has 0 aliphatic rings. The number of benzene rings is 1. The van der Waals surface area contributed by atoms with Crippen LogP contribution in [0.1, 0.15) is 21.7 Å². The van der Waals surface area contributed by atoms with Gasteiger partial charge in [0, 0.05) is 29.1 Å². The highest BCUT2D eigenvalue weighted by Crippen LogP contribution is 2.27. The number of rotatable bonds is 6. The van der Waals surface area contributed by atoms with Crippen molar-refractivity contribution in [2.45, 2.75) is 13.1 Å². The Balaban J connectivity index is 1.61. The molecule has 3 aromatic heterocycles. The predicted octanol–water partition coefficient (Wildman–Crippen LogP) is 6.42. The smallest absolute Gasteiger partial charge is 0.274 e. The van der Waals surface area contributed by atoms with E-state index in [-0.39, 0.29) is 5.91 Å². The SMILES string of the molecule is O=C(c1csc(-c2ccsc2)n1)N(Cc1ccc(Cl)c(Cl)c1)Cc1ccccn1. The third-order valence-electron chi connectivity index (χ3n) is 4.22. The number of carbonyl (C=O) groups is 1. The molecule has 1 amide bonds. The van der Waals surface area contributed by atoms with Crippen LogP contribution in [-0.2, 0) is 13.1 Å². The zero-order valence-corrected chi connectivity index (χ0v) is 18.2. The van der Waals surface area contributed by atoms with Crippen LogP contribution in [0.3, 0.4) is 0 Å². The monoisotopic (exact) mass is 459 g/mol. The third-order valence-corrected chi connectivity index (χ3v) is 6.53. The molecule has 0 radical (unpaired) electrons. The highest BCUT2D eigenvalue weighted by atomic mass is 35.5. The molecule has 0 aliphatic heterocycles. The Kier molecular flexibility index (Phi) is 6.25. The van der Waals surface area contributed by atoms with Crippen molar-refractivity contribution >= 4 is 51.8 Å². The largest absolute Gasteiger partial charge is 0.327 e. The lowest BCUT2D eigenvalue weighted by atomic mass is 10.2. The molecule has 4 aromatic rings. The summed E-state index contributed by atoms with van der Waals surface area (Å²) in [6.45, 7) is 0.739. The van der Waals surface area contributed by atoms with E-state index in [4.69, 9.17) is 23.2 Å². The van der Waals surface area contributed by atoms with Gasteiger partial charge in [-0.1, -0.05) is 35.3 Å². The first kappa shape index (κ1) is 20.0. The predicted molar refractivity (Wildman–Crippen MR) is 120 cm³/mol. The van der Waals surface area contributed by atoms with Gasteiger partial charge in [-0.05, 0) is 41.3 Å². The number of amides is 1. The number of aromatic nitrogens is 2. The van der Waals surface area contributed by atoms with Crippen LogP contribution in [0.4, 0.5) is 0 Å². The highest BCUT2D eigenvalue weighted by Gasteiger charge is 2.21. The van der Waals surface area contributed by atoms with E-state index in [1.54, 1.807) is 39.9 Å². The van der Waals surface area contributed by atoms with Crippen molar-refractivity contribution in [3.63, 3.8) is 0 Å². The molecule has 4 rings (SSSR count). The molecule has 0 saturated carbocycles. The zero-order chi connectivity index (χ0) is 20.2. The van der Waals surface area contributed by atoms with Crippen LogP contribution < -0.4 is 0 Å². The summed E-state index contributed by atoms with van der Waals surface area (Å²) in [5, 5.41) is 7.60. The number of hydrogen-bond donors (Lipinski definition) is 0. The minimum atomic E-state index is -0.153. The van der Waals surface area contributed by atoms with Crippen LogP contribution in [0.15, 0.2) is 64.8 Å². The van der Waals surface area contributed by atoms with Crippen LogP contribution in [0.2, 0.25) is 10.0 Å². The molecule has 8 heteroatoms. The third kappa shape index (κ3) is 4.85. The van der Waals surface area contributed by atoms with Crippen LogP contribution in [0.5, 0.6) is 0 Å². The fourth-order valence-electron chi connectivity index (χ4n) is 2.80. The summed E-state index contributed by atoms with van der Waals surface area (Å²) in [5.41, 5.74) is 3.14. The van der Waals surface area contributed by atoms with E-state index in [0.29, 0.717) is 28.8 Å². The maximum absolute atomic E-state index is 13.3. The van der Waals surface area contributed by atoms with Gasteiger partial charge < -0.3 is 4.90 Å². The second-order valence-electron chi connectivity index (χ2n) is 6.28. The molecule has 0 spiro atoms. The Morgan fingerprint density at radius 2 is 1.93 bits per heavy atom. The van der Waals surface area contributed by atoms with Gasteiger partial charge in [-0.2, -0.15) is 11.3 Å². The fraction of sp³-hybridized carbons (Fsp3) is 0.0952. The molecule has 0 bridgehead atoms. The summed E-state index contributed by atoms with van der Waals surface area (Å²) < 4.78 is 0. The standard InChI is InChI=1S/C21H15Cl2N3OS2/c22-17-5-4-14(9-18(17)23)10-26(11-16-3-1-2-7-24-16)21(27)19-13-29-20(25-19)15-6-8-28-12-15/h1-9,12-13H,10-11H2.